The second kappa shape index (κ2) is 7.85. The number of halogens is 1. The van der Waals surface area contributed by atoms with Gasteiger partial charge in [-0.05, 0) is 22.4 Å². The Morgan fingerprint density at radius 1 is 1.25 bits per heavy atom. The second-order valence-electron chi connectivity index (χ2n) is 4.46. The number of nitrogens with two attached hydrogens (primary N) is 1. The largest absolute Gasteiger partial charge is 0.383 e. The van der Waals surface area contributed by atoms with Crippen molar-refractivity contribution in [1.29, 1.82) is 0 Å². The van der Waals surface area contributed by atoms with Crippen LogP contribution in [0.25, 0.3) is 10.8 Å². The molecule has 0 saturated heterocycles. The summed E-state index contributed by atoms with van der Waals surface area (Å²) in [6.07, 6.45) is 0. The molecule has 0 aliphatic carbocycles. The van der Waals surface area contributed by atoms with Gasteiger partial charge >= 0.3 is 0 Å². The molecule has 1 amide bonds. The minimum absolute atomic E-state index is 0. The molecule has 3 N–H and O–H groups in total. The van der Waals surface area contributed by atoms with E-state index in [-0.39, 0.29) is 24.9 Å². The molecule has 20 heavy (non-hydrogen) atoms. The van der Waals surface area contributed by atoms with E-state index in [1.165, 1.54) is 12.5 Å². The van der Waals surface area contributed by atoms with Gasteiger partial charge in [0.1, 0.15) is 6.04 Å². The molecule has 0 aliphatic rings. The van der Waals surface area contributed by atoms with Crippen LogP contribution in [0.5, 0.6) is 0 Å². The molecular weight excluding hydrogens is 276 g/mol. The Labute approximate surface area is 124 Å². The summed E-state index contributed by atoms with van der Waals surface area (Å²) in [6, 6.07) is 13.6. The molecule has 4 nitrogen and oxygen atoms in total. The zero-order valence-electron chi connectivity index (χ0n) is 11.3. The van der Waals surface area contributed by atoms with E-state index >= 15 is 0 Å². The van der Waals surface area contributed by atoms with Gasteiger partial charge < -0.3 is 15.8 Å². The summed E-state index contributed by atoms with van der Waals surface area (Å²) in [6.45, 7) is 0.699. The predicted molar refractivity (Wildman–Crippen MR) is 82.9 cm³/mol. The van der Waals surface area contributed by atoms with Crippen molar-refractivity contribution in [2.24, 2.45) is 5.73 Å². The van der Waals surface area contributed by atoms with Gasteiger partial charge in [0.05, 0.1) is 6.61 Å². The molecule has 2 aromatic rings. The number of carbonyl (C=O) groups excluding carboxylic acids is 1. The number of ether oxygens (including phenoxy) is 1. The number of benzene rings is 2. The first kappa shape index (κ1) is 16.4. The Morgan fingerprint density at radius 2 is 1.95 bits per heavy atom. The number of hydrogen-bond donors (Lipinski definition) is 2. The lowest BCUT2D eigenvalue weighted by atomic mass is 10.1. The number of carbonyl (C=O) groups is 1. The minimum atomic E-state index is -0.620. The molecule has 0 radical (unpaired) electrons. The first-order chi connectivity index (χ1) is 9.20. The third-order valence-corrected chi connectivity index (χ3v) is 2.96. The van der Waals surface area contributed by atoms with Crippen LogP contribution >= 0.6 is 12.4 Å². The van der Waals surface area contributed by atoms with E-state index in [2.05, 4.69) is 23.5 Å². The van der Waals surface area contributed by atoms with Gasteiger partial charge in [-0.2, -0.15) is 0 Å². The van der Waals surface area contributed by atoms with Crippen molar-refractivity contribution >= 4 is 29.1 Å². The maximum atomic E-state index is 11.7. The van der Waals surface area contributed by atoms with Gasteiger partial charge in [-0.15, -0.1) is 12.4 Å². The topological polar surface area (TPSA) is 64.3 Å². The smallest absolute Gasteiger partial charge is 0.239 e. The Morgan fingerprint density at radius 3 is 2.65 bits per heavy atom. The predicted octanol–water partition coefficient (Wildman–Crippen LogP) is 1.85. The summed E-state index contributed by atoms with van der Waals surface area (Å²) in [4.78, 5) is 11.7. The molecule has 2 rings (SSSR count). The molecule has 0 spiro atoms. The maximum Gasteiger partial charge on any atom is 0.239 e. The Balaban J connectivity index is 0.00000200. The van der Waals surface area contributed by atoms with Crippen LogP contribution in [-0.4, -0.2) is 25.7 Å². The summed E-state index contributed by atoms with van der Waals surface area (Å²) in [5.74, 6) is -0.199. The standard InChI is InChI=1S/C15H18N2O2.ClH/c1-19-10-14(16)15(18)17-9-11-6-7-12-4-2-3-5-13(12)8-11;/h2-8,14H,9-10,16H2,1H3,(H,17,18);1H. The quantitative estimate of drug-likeness (QED) is 0.884. The van der Waals surface area contributed by atoms with Crippen LogP contribution in [0.2, 0.25) is 0 Å². The molecule has 1 unspecified atom stereocenters. The number of amides is 1. The number of fused-ring (bicyclic) bond motifs is 1. The van der Waals surface area contributed by atoms with E-state index in [0.717, 1.165) is 10.9 Å². The monoisotopic (exact) mass is 294 g/mol. The fraction of sp³-hybridized carbons (Fsp3) is 0.267. The van der Waals surface area contributed by atoms with Gasteiger partial charge in [-0.1, -0.05) is 36.4 Å². The lowest BCUT2D eigenvalue weighted by molar-refractivity contribution is -0.123. The van der Waals surface area contributed by atoms with Gasteiger partial charge in [-0.25, -0.2) is 0 Å². The molecule has 0 heterocycles. The van der Waals surface area contributed by atoms with Crippen molar-refractivity contribution in [2.75, 3.05) is 13.7 Å². The second-order valence-corrected chi connectivity index (χ2v) is 4.46. The highest BCUT2D eigenvalue weighted by atomic mass is 35.5. The number of nitrogens with one attached hydrogen (secondary N) is 1. The highest BCUT2D eigenvalue weighted by Gasteiger charge is 2.12. The van der Waals surface area contributed by atoms with Crippen molar-refractivity contribution < 1.29 is 9.53 Å². The Kier molecular flexibility index (Phi) is 6.45. The summed E-state index contributed by atoms with van der Waals surface area (Å²) >= 11 is 0. The lowest BCUT2D eigenvalue weighted by Crippen LogP contribution is -2.43. The van der Waals surface area contributed by atoms with Gasteiger partial charge in [0.25, 0.3) is 0 Å². The van der Waals surface area contributed by atoms with Crippen molar-refractivity contribution in [2.45, 2.75) is 12.6 Å². The van der Waals surface area contributed by atoms with Gasteiger partial charge in [0, 0.05) is 13.7 Å². The van der Waals surface area contributed by atoms with E-state index < -0.39 is 6.04 Å². The molecule has 108 valence electrons. The third-order valence-electron chi connectivity index (χ3n) is 2.96. The average Bonchev–Trinajstić information content (AvgIpc) is 2.44. The molecule has 0 fully saturated rings. The van der Waals surface area contributed by atoms with Crippen molar-refractivity contribution in [1.82, 2.24) is 5.32 Å². The van der Waals surface area contributed by atoms with Gasteiger partial charge in [-0.3, -0.25) is 4.79 Å². The van der Waals surface area contributed by atoms with E-state index in [1.54, 1.807) is 0 Å². The first-order valence-corrected chi connectivity index (χ1v) is 6.20. The summed E-state index contributed by atoms with van der Waals surface area (Å²) in [5.41, 5.74) is 6.70. The Hall–Kier alpha value is -1.62. The van der Waals surface area contributed by atoms with E-state index in [9.17, 15) is 4.79 Å². The van der Waals surface area contributed by atoms with Gasteiger partial charge in [0.15, 0.2) is 0 Å². The molecule has 0 aliphatic heterocycles. The zero-order valence-corrected chi connectivity index (χ0v) is 12.2. The highest BCUT2D eigenvalue weighted by Crippen LogP contribution is 2.15. The third kappa shape index (κ3) is 4.20. The lowest BCUT2D eigenvalue weighted by Gasteiger charge is -2.11. The molecular formula is C15H19ClN2O2. The SMILES string of the molecule is COCC(N)C(=O)NCc1ccc2ccccc2c1.Cl. The Bertz CT molecular complexity index is 575. The molecule has 0 aromatic heterocycles. The number of rotatable bonds is 5. The van der Waals surface area contributed by atoms with Crippen LogP contribution in [0.3, 0.4) is 0 Å². The zero-order chi connectivity index (χ0) is 13.7. The van der Waals surface area contributed by atoms with E-state index in [1.807, 2.05) is 24.3 Å². The molecule has 1 atom stereocenters. The molecule has 0 bridgehead atoms. The van der Waals surface area contributed by atoms with Crippen LogP contribution in [0.4, 0.5) is 0 Å². The van der Waals surface area contributed by atoms with Crippen LogP contribution in [0.15, 0.2) is 42.5 Å². The summed E-state index contributed by atoms with van der Waals surface area (Å²) in [7, 11) is 1.52. The summed E-state index contributed by atoms with van der Waals surface area (Å²) in [5, 5.41) is 5.16. The number of hydrogen-bond acceptors (Lipinski definition) is 3. The van der Waals surface area contributed by atoms with Crippen LogP contribution in [0, 0.1) is 0 Å². The van der Waals surface area contributed by atoms with Crippen LogP contribution in [0.1, 0.15) is 5.56 Å². The van der Waals surface area contributed by atoms with Gasteiger partial charge in [0.2, 0.25) is 5.91 Å². The molecule has 0 saturated carbocycles. The van der Waals surface area contributed by atoms with Crippen molar-refractivity contribution in [3.05, 3.63) is 48.0 Å². The van der Waals surface area contributed by atoms with Crippen LogP contribution in [-0.2, 0) is 16.1 Å². The van der Waals surface area contributed by atoms with E-state index in [0.29, 0.717) is 6.54 Å². The highest BCUT2D eigenvalue weighted by molar-refractivity contribution is 5.85. The first-order valence-electron chi connectivity index (χ1n) is 6.20. The number of methoxy groups -OCH3 is 1. The molecule has 2 aromatic carbocycles. The fourth-order valence-corrected chi connectivity index (χ4v) is 1.92. The van der Waals surface area contributed by atoms with Crippen LogP contribution < -0.4 is 11.1 Å². The van der Waals surface area contributed by atoms with Crippen molar-refractivity contribution in [3.8, 4) is 0 Å². The fourth-order valence-electron chi connectivity index (χ4n) is 1.92. The summed E-state index contributed by atoms with van der Waals surface area (Å²) < 4.78 is 4.85. The van der Waals surface area contributed by atoms with E-state index in [4.69, 9.17) is 10.5 Å². The minimum Gasteiger partial charge on any atom is -0.383 e. The normalized spacial score (nSPS) is 11.7. The van der Waals surface area contributed by atoms with Crippen molar-refractivity contribution in [3.63, 3.8) is 0 Å². The molecule has 5 heteroatoms. The maximum absolute atomic E-state index is 11.7. The average molecular weight is 295 g/mol.